The minimum atomic E-state index is -4.53. The molecule has 0 radical (unpaired) electrons. The Labute approximate surface area is 120 Å². The third kappa shape index (κ3) is 5.99. The van der Waals surface area contributed by atoms with Crippen LogP contribution in [0.1, 0.15) is 38.1 Å². The first kappa shape index (κ1) is 17.2. The molecule has 5 nitrogen and oxygen atoms in total. The van der Waals surface area contributed by atoms with Gasteiger partial charge in [-0.1, -0.05) is 6.07 Å². The molecule has 0 fully saturated rings. The van der Waals surface area contributed by atoms with Crippen LogP contribution in [0, 0.1) is 0 Å². The van der Waals surface area contributed by atoms with E-state index in [0.29, 0.717) is 0 Å². The summed E-state index contributed by atoms with van der Waals surface area (Å²) in [5, 5.41) is 12.1. The Kier molecular flexibility index (Phi) is 5.16. The number of carbonyl (C=O) groups excluding carboxylic acids is 1. The number of alkyl carbamates (subject to hydrolysis) is 1. The molecule has 1 amide bonds. The van der Waals surface area contributed by atoms with Crippen molar-refractivity contribution >= 4 is 6.09 Å². The Balaban J connectivity index is 2.56. The van der Waals surface area contributed by atoms with Gasteiger partial charge in [0.25, 0.3) is 0 Å². The van der Waals surface area contributed by atoms with Crippen molar-refractivity contribution in [1.82, 2.24) is 10.3 Å². The number of nitrogens with zero attached hydrogens (tertiary/aromatic N) is 1. The molecule has 1 unspecified atom stereocenters. The first-order chi connectivity index (χ1) is 9.49. The molecule has 0 saturated carbocycles. The smallest absolute Gasteiger partial charge is 0.433 e. The SMILES string of the molecule is CC(C)(C)OC(=O)NCC(O)c1ccc(C(F)(F)F)nc1. The largest absolute Gasteiger partial charge is 0.444 e. The highest BCUT2D eigenvalue weighted by Crippen LogP contribution is 2.27. The molecule has 1 rings (SSSR count). The van der Waals surface area contributed by atoms with E-state index in [1.807, 2.05) is 0 Å². The van der Waals surface area contributed by atoms with Crippen LogP contribution in [-0.4, -0.2) is 28.3 Å². The zero-order valence-corrected chi connectivity index (χ0v) is 11.9. The fourth-order valence-corrected chi connectivity index (χ4v) is 1.38. The van der Waals surface area contributed by atoms with Crippen LogP contribution in [0.15, 0.2) is 18.3 Å². The molecule has 0 bridgehead atoms. The Morgan fingerprint density at radius 1 is 1.38 bits per heavy atom. The number of hydrogen-bond donors (Lipinski definition) is 2. The summed E-state index contributed by atoms with van der Waals surface area (Å²) < 4.78 is 42.0. The molecule has 118 valence electrons. The van der Waals surface area contributed by atoms with Gasteiger partial charge in [-0.05, 0) is 26.8 Å². The number of amides is 1. The molecule has 1 heterocycles. The molecule has 1 aromatic heterocycles. The van der Waals surface area contributed by atoms with Crippen molar-refractivity contribution in [3.05, 3.63) is 29.6 Å². The quantitative estimate of drug-likeness (QED) is 0.900. The molecular weight excluding hydrogens is 289 g/mol. The monoisotopic (exact) mass is 306 g/mol. The molecular formula is C13H17F3N2O3. The van der Waals surface area contributed by atoms with Gasteiger partial charge in [0, 0.05) is 11.8 Å². The Hall–Kier alpha value is -1.83. The van der Waals surface area contributed by atoms with Gasteiger partial charge in [0.1, 0.15) is 11.3 Å². The molecule has 0 aliphatic rings. The van der Waals surface area contributed by atoms with E-state index < -0.39 is 29.7 Å². The summed E-state index contributed by atoms with van der Waals surface area (Å²) in [7, 11) is 0. The van der Waals surface area contributed by atoms with Crippen molar-refractivity contribution in [2.75, 3.05) is 6.54 Å². The number of aliphatic hydroxyl groups excluding tert-OH is 1. The normalized spacial score (nSPS) is 13.7. The van der Waals surface area contributed by atoms with Crippen molar-refractivity contribution in [1.29, 1.82) is 0 Å². The predicted octanol–water partition coefficient (Wildman–Crippen LogP) is 2.66. The average molecular weight is 306 g/mol. The molecule has 21 heavy (non-hydrogen) atoms. The number of pyridine rings is 1. The van der Waals surface area contributed by atoms with Gasteiger partial charge in [-0.3, -0.25) is 4.98 Å². The van der Waals surface area contributed by atoms with E-state index in [9.17, 15) is 23.1 Å². The average Bonchev–Trinajstić information content (AvgIpc) is 2.33. The highest BCUT2D eigenvalue weighted by atomic mass is 19.4. The van der Waals surface area contributed by atoms with Gasteiger partial charge in [0.05, 0.1) is 12.6 Å². The van der Waals surface area contributed by atoms with E-state index in [1.54, 1.807) is 20.8 Å². The fraction of sp³-hybridized carbons (Fsp3) is 0.538. The Bertz CT molecular complexity index is 481. The summed E-state index contributed by atoms with van der Waals surface area (Å²) in [6, 6.07) is 1.88. The van der Waals surface area contributed by atoms with Gasteiger partial charge in [-0.25, -0.2) is 4.79 Å². The number of rotatable bonds is 3. The van der Waals surface area contributed by atoms with Gasteiger partial charge < -0.3 is 15.2 Å². The molecule has 0 aliphatic carbocycles. The third-order valence-electron chi connectivity index (χ3n) is 2.30. The summed E-state index contributed by atoms with van der Waals surface area (Å²) in [6.07, 6.45) is -5.50. The lowest BCUT2D eigenvalue weighted by Gasteiger charge is -2.20. The molecule has 2 N–H and O–H groups in total. The van der Waals surface area contributed by atoms with Gasteiger partial charge in [0.2, 0.25) is 0 Å². The maximum absolute atomic E-state index is 12.3. The Morgan fingerprint density at radius 3 is 2.43 bits per heavy atom. The van der Waals surface area contributed by atoms with Gasteiger partial charge >= 0.3 is 12.3 Å². The minimum absolute atomic E-state index is 0.166. The Morgan fingerprint density at radius 2 is 2.00 bits per heavy atom. The number of nitrogens with one attached hydrogen (secondary N) is 1. The van der Waals surface area contributed by atoms with Crippen LogP contribution < -0.4 is 5.32 Å². The van der Waals surface area contributed by atoms with E-state index in [-0.39, 0.29) is 12.1 Å². The van der Waals surface area contributed by atoms with Crippen molar-refractivity contribution in [3.63, 3.8) is 0 Å². The summed E-state index contributed by atoms with van der Waals surface area (Å²) >= 11 is 0. The third-order valence-corrected chi connectivity index (χ3v) is 2.30. The van der Waals surface area contributed by atoms with Crippen molar-refractivity contribution < 1.29 is 27.8 Å². The van der Waals surface area contributed by atoms with Crippen LogP contribution in [0.25, 0.3) is 0 Å². The van der Waals surface area contributed by atoms with Gasteiger partial charge in [-0.2, -0.15) is 13.2 Å². The molecule has 1 aromatic rings. The fourth-order valence-electron chi connectivity index (χ4n) is 1.38. The lowest BCUT2D eigenvalue weighted by atomic mass is 10.1. The molecule has 8 heteroatoms. The zero-order chi connectivity index (χ0) is 16.3. The van der Waals surface area contributed by atoms with Gasteiger partial charge in [0.15, 0.2) is 0 Å². The van der Waals surface area contributed by atoms with Crippen molar-refractivity contribution in [2.45, 2.75) is 38.7 Å². The first-order valence-electron chi connectivity index (χ1n) is 6.17. The molecule has 0 aromatic carbocycles. The van der Waals surface area contributed by atoms with Crippen LogP contribution in [-0.2, 0) is 10.9 Å². The van der Waals surface area contributed by atoms with Crippen LogP contribution >= 0.6 is 0 Å². The number of hydrogen-bond acceptors (Lipinski definition) is 4. The van der Waals surface area contributed by atoms with E-state index in [1.165, 1.54) is 0 Å². The number of alkyl halides is 3. The standard InChI is InChI=1S/C13H17F3N2O3/c1-12(2,3)21-11(20)18-7-9(19)8-4-5-10(17-6-8)13(14,15)16/h4-6,9,19H,7H2,1-3H3,(H,18,20). The van der Waals surface area contributed by atoms with E-state index in [0.717, 1.165) is 18.3 Å². The number of carbonyl (C=O) groups is 1. The second kappa shape index (κ2) is 6.30. The lowest BCUT2D eigenvalue weighted by Crippen LogP contribution is -2.34. The highest BCUT2D eigenvalue weighted by Gasteiger charge is 2.32. The lowest BCUT2D eigenvalue weighted by molar-refractivity contribution is -0.141. The maximum atomic E-state index is 12.3. The second-order valence-electron chi connectivity index (χ2n) is 5.37. The molecule has 0 aliphatic heterocycles. The van der Waals surface area contributed by atoms with E-state index >= 15 is 0 Å². The van der Waals surface area contributed by atoms with Crippen LogP contribution in [0.2, 0.25) is 0 Å². The zero-order valence-electron chi connectivity index (χ0n) is 11.9. The van der Waals surface area contributed by atoms with Crippen molar-refractivity contribution in [2.24, 2.45) is 0 Å². The summed E-state index contributed by atoms with van der Waals surface area (Å²) in [4.78, 5) is 14.6. The van der Waals surface area contributed by atoms with Crippen LogP contribution in [0.4, 0.5) is 18.0 Å². The predicted molar refractivity (Wildman–Crippen MR) is 68.4 cm³/mol. The summed E-state index contributed by atoms with van der Waals surface area (Å²) in [6.45, 7) is 4.86. The molecule has 0 spiro atoms. The topological polar surface area (TPSA) is 71.5 Å². The van der Waals surface area contributed by atoms with Crippen LogP contribution in [0.3, 0.4) is 0 Å². The highest BCUT2D eigenvalue weighted by molar-refractivity contribution is 5.67. The minimum Gasteiger partial charge on any atom is -0.444 e. The maximum Gasteiger partial charge on any atom is 0.433 e. The van der Waals surface area contributed by atoms with Gasteiger partial charge in [-0.15, -0.1) is 0 Å². The van der Waals surface area contributed by atoms with E-state index in [2.05, 4.69) is 10.3 Å². The number of aliphatic hydroxyl groups is 1. The number of halogens is 3. The summed E-state index contributed by atoms with van der Waals surface area (Å²) in [5.41, 5.74) is -1.55. The van der Waals surface area contributed by atoms with Crippen LogP contribution in [0.5, 0.6) is 0 Å². The second-order valence-corrected chi connectivity index (χ2v) is 5.37. The van der Waals surface area contributed by atoms with E-state index in [4.69, 9.17) is 4.74 Å². The molecule has 0 saturated heterocycles. The number of ether oxygens (including phenoxy) is 1. The first-order valence-corrected chi connectivity index (χ1v) is 6.17. The summed E-state index contributed by atoms with van der Waals surface area (Å²) in [5.74, 6) is 0. The van der Waals surface area contributed by atoms with Crippen molar-refractivity contribution in [3.8, 4) is 0 Å². The molecule has 1 atom stereocenters. The number of aromatic nitrogens is 1.